The van der Waals surface area contributed by atoms with Crippen molar-refractivity contribution in [2.45, 2.75) is 6.42 Å². The van der Waals surface area contributed by atoms with Crippen molar-refractivity contribution in [2.75, 3.05) is 0 Å². The highest BCUT2D eigenvalue weighted by Crippen LogP contribution is 2.31. The Morgan fingerprint density at radius 1 is 1.05 bits per heavy atom. The SMILES string of the molecule is O=C(Oc1ccccc1)C1=CCC(C(=O)O)(C(=O)O)C=C1. The Morgan fingerprint density at radius 2 is 1.67 bits per heavy atom. The number of hydrogen-bond acceptors (Lipinski definition) is 4. The molecule has 0 bridgehead atoms. The lowest BCUT2D eigenvalue weighted by molar-refractivity contribution is -0.160. The van der Waals surface area contributed by atoms with Crippen molar-refractivity contribution in [3.63, 3.8) is 0 Å². The number of carbonyl (C=O) groups excluding carboxylic acids is 1. The Morgan fingerprint density at radius 3 is 2.14 bits per heavy atom. The topological polar surface area (TPSA) is 101 Å². The minimum atomic E-state index is -2.03. The van der Waals surface area contributed by atoms with Gasteiger partial charge in [0.15, 0.2) is 5.41 Å². The Kier molecular flexibility index (Phi) is 3.89. The molecule has 0 saturated heterocycles. The molecule has 0 amide bonds. The molecular formula is C15H12O6. The van der Waals surface area contributed by atoms with Gasteiger partial charge in [-0.1, -0.05) is 36.4 Å². The van der Waals surface area contributed by atoms with Crippen LogP contribution in [0.1, 0.15) is 6.42 Å². The maximum atomic E-state index is 11.9. The number of ether oxygens (including phenoxy) is 1. The lowest BCUT2D eigenvalue weighted by atomic mass is 9.80. The average molecular weight is 288 g/mol. The Labute approximate surface area is 120 Å². The molecule has 0 aromatic heterocycles. The van der Waals surface area contributed by atoms with Crippen molar-refractivity contribution in [1.29, 1.82) is 0 Å². The van der Waals surface area contributed by atoms with E-state index in [1.165, 1.54) is 6.08 Å². The van der Waals surface area contributed by atoms with Crippen LogP contribution in [0.5, 0.6) is 5.75 Å². The van der Waals surface area contributed by atoms with Gasteiger partial charge in [-0.15, -0.1) is 0 Å². The molecule has 1 aromatic carbocycles. The predicted octanol–water partition coefficient (Wildman–Crippen LogP) is 1.63. The first-order valence-corrected chi connectivity index (χ1v) is 6.09. The van der Waals surface area contributed by atoms with Gasteiger partial charge in [-0.25, -0.2) is 4.79 Å². The molecule has 6 nitrogen and oxygen atoms in total. The number of benzene rings is 1. The van der Waals surface area contributed by atoms with Crippen LogP contribution >= 0.6 is 0 Å². The Bertz CT molecular complexity index is 627. The minimum Gasteiger partial charge on any atom is -0.480 e. The molecule has 1 aromatic rings. The quantitative estimate of drug-likeness (QED) is 0.496. The van der Waals surface area contributed by atoms with Crippen molar-refractivity contribution in [3.05, 3.63) is 54.1 Å². The number of carboxylic acids is 2. The number of rotatable bonds is 4. The van der Waals surface area contributed by atoms with Crippen LogP contribution in [-0.2, 0) is 14.4 Å². The first-order chi connectivity index (χ1) is 9.95. The van der Waals surface area contributed by atoms with Gasteiger partial charge >= 0.3 is 17.9 Å². The van der Waals surface area contributed by atoms with Gasteiger partial charge in [0.05, 0.1) is 5.57 Å². The van der Waals surface area contributed by atoms with E-state index in [0.717, 1.165) is 12.2 Å². The second-order valence-electron chi connectivity index (χ2n) is 4.48. The van der Waals surface area contributed by atoms with E-state index >= 15 is 0 Å². The number of allylic oxidation sites excluding steroid dienone is 1. The van der Waals surface area contributed by atoms with Gasteiger partial charge in [-0.05, 0) is 18.6 Å². The molecule has 6 heteroatoms. The van der Waals surface area contributed by atoms with Crippen LogP contribution in [0.2, 0.25) is 0 Å². The van der Waals surface area contributed by atoms with Crippen molar-refractivity contribution in [2.24, 2.45) is 5.41 Å². The lowest BCUT2D eigenvalue weighted by Gasteiger charge is -2.22. The molecule has 21 heavy (non-hydrogen) atoms. The Hall–Kier alpha value is -2.89. The number of carboxylic acid groups (broad SMARTS) is 2. The zero-order valence-electron chi connectivity index (χ0n) is 10.9. The van der Waals surface area contributed by atoms with Crippen LogP contribution in [-0.4, -0.2) is 28.1 Å². The third kappa shape index (κ3) is 2.84. The monoisotopic (exact) mass is 288 g/mol. The zero-order chi connectivity index (χ0) is 15.5. The largest absolute Gasteiger partial charge is 0.480 e. The first-order valence-electron chi connectivity index (χ1n) is 6.09. The standard InChI is InChI=1S/C15H12O6/c16-12(21-11-4-2-1-3-5-11)10-6-8-15(9-7-10,13(17)18)14(19)20/h1-8H,9H2,(H,17,18)(H,19,20). The molecule has 0 saturated carbocycles. The normalized spacial score (nSPS) is 15.9. The van der Waals surface area contributed by atoms with Crippen molar-refractivity contribution < 1.29 is 29.3 Å². The van der Waals surface area contributed by atoms with E-state index in [4.69, 9.17) is 14.9 Å². The summed E-state index contributed by atoms with van der Waals surface area (Å²) in [5.41, 5.74) is -1.91. The van der Waals surface area contributed by atoms with Crippen LogP contribution in [0.3, 0.4) is 0 Å². The average Bonchev–Trinajstić information content (AvgIpc) is 2.48. The van der Waals surface area contributed by atoms with Crippen LogP contribution in [0.15, 0.2) is 54.1 Å². The van der Waals surface area contributed by atoms with Crippen LogP contribution in [0.25, 0.3) is 0 Å². The molecule has 0 unspecified atom stereocenters. The summed E-state index contributed by atoms with van der Waals surface area (Å²) in [5, 5.41) is 18.1. The van der Waals surface area contributed by atoms with Crippen molar-refractivity contribution >= 4 is 17.9 Å². The van der Waals surface area contributed by atoms with E-state index in [9.17, 15) is 14.4 Å². The zero-order valence-corrected chi connectivity index (χ0v) is 10.9. The molecule has 0 heterocycles. The maximum absolute atomic E-state index is 11.9. The van der Waals surface area contributed by atoms with E-state index in [2.05, 4.69) is 0 Å². The van der Waals surface area contributed by atoms with Crippen LogP contribution in [0, 0.1) is 5.41 Å². The minimum absolute atomic E-state index is 0.122. The van der Waals surface area contributed by atoms with E-state index in [1.54, 1.807) is 30.3 Å². The second kappa shape index (κ2) is 5.62. The second-order valence-corrected chi connectivity index (χ2v) is 4.48. The van der Waals surface area contributed by atoms with Gasteiger partial charge in [-0.2, -0.15) is 0 Å². The summed E-state index contributed by atoms with van der Waals surface area (Å²) in [4.78, 5) is 34.1. The third-order valence-electron chi connectivity index (χ3n) is 3.14. The fraction of sp³-hybridized carbons (Fsp3) is 0.133. The number of hydrogen-bond donors (Lipinski definition) is 2. The number of aliphatic carboxylic acids is 2. The fourth-order valence-electron chi connectivity index (χ4n) is 1.85. The highest BCUT2D eigenvalue weighted by Gasteiger charge is 2.45. The molecule has 0 spiro atoms. The molecule has 0 fully saturated rings. The number of carbonyl (C=O) groups is 3. The smallest absolute Gasteiger partial charge is 0.343 e. The molecule has 1 aliphatic rings. The van der Waals surface area contributed by atoms with E-state index in [-0.39, 0.29) is 12.0 Å². The lowest BCUT2D eigenvalue weighted by Crippen LogP contribution is -2.38. The number of para-hydroxylation sites is 1. The molecule has 108 valence electrons. The molecule has 2 N–H and O–H groups in total. The number of esters is 1. The first kappa shape index (κ1) is 14.5. The molecular weight excluding hydrogens is 276 g/mol. The van der Waals surface area contributed by atoms with Crippen molar-refractivity contribution in [1.82, 2.24) is 0 Å². The van der Waals surface area contributed by atoms with E-state index in [1.807, 2.05) is 0 Å². The van der Waals surface area contributed by atoms with Gasteiger partial charge < -0.3 is 14.9 Å². The molecule has 0 atom stereocenters. The Balaban J connectivity index is 2.13. The fourth-order valence-corrected chi connectivity index (χ4v) is 1.85. The van der Waals surface area contributed by atoms with Gasteiger partial charge in [0, 0.05) is 0 Å². The van der Waals surface area contributed by atoms with Crippen LogP contribution < -0.4 is 4.74 Å². The molecule has 0 aliphatic heterocycles. The van der Waals surface area contributed by atoms with Gasteiger partial charge in [0.2, 0.25) is 0 Å². The summed E-state index contributed by atoms with van der Waals surface area (Å²) < 4.78 is 5.09. The molecule has 2 rings (SSSR count). The predicted molar refractivity (Wildman–Crippen MR) is 71.6 cm³/mol. The summed E-state index contributed by atoms with van der Waals surface area (Å²) in [6.45, 7) is 0. The summed E-state index contributed by atoms with van der Waals surface area (Å²) in [6.07, 6.45) is 3.11. The summed E-state index contributed by atoms with van der Waals surface area (Å²) >= 11 is 0. The third-order valence-corrected chi connectivity index (χ3v) is 3.14. The van der Waals surface area contributed by atoms with Crippen LogP contribution in [0.4, 0.5) is 0 Å². The van der Waals surface area contributed by atoms with Gasteiger partial charge in [-0.3, -0.25) is 9.59 Å². The van der Waals surface area contributed by atoms with Gasteiger partial charge in [0.1, 0.15) is 5.75 Å². The van der Waals surface area contributed by atoms with E-state index < -0.39 is 23.3 Å². The highest BCUT2D eigenvalue weighted by atomic mass is 16.5. The maximum Gasteiger partial charge on any atom is 0.343 e. The summed E-state index contributed by atoms with van der Waals surface area (Å²) in [6, 6.07) is 8.37. The molecule has 1 aliphatic carbocycles. The van der Waals surface area contributed by atoms with Crippen molar-refractivity contribution in [3.8, 4) is 5.75 Å². The van der Waals surface area contributed by atoms with Gasteiger partial charge in [0.25, 0.3) is 0 Å². The summed E-state index contributed by atoms with van der Waals surface area (Å²) in [7, 11) is 0. The molecule has 0 radical (unpaired) electrons. The summed E-state index contributed by atoms with van der Waals surface area (Å²) in [5.74, 6) is -3.26. The highest BCUT2D eigenvalue weighted by molar-refractivity contribution is 6.03. The van der Waals surface area contributed by atoms with E-state index in [0.29, 0.717) is 5.75 Å².